The molecule has 2 N–H and O–H groups in total. The highest BCUT2D eigenvalue weighted by atomic mass is 28.4. The maximum absolute atomic E-state index is 12.2. The third kappa shape index (κ3) is 8.12. The molecule has 5 nitrogen and oxygen atoms in total. The maximum Gasteiger partial charge on any atom is 0.410 e. The molecule has 0 aromatic carbocycles. The average molecular weight is 401 g/mol. The van der Waals surface area contributed by atoms with Gasteiger partial charge in [0.15, 0.2) is 8.32 Å². The highest BCUT2D eigenvalue weighted by Gasteiger charge is 2.41. The fourth-order valence-corrected chi connectivity index (χ4v) is 4.80. The molecule has 0 aromatic heterocycles. The zero-order valence-electron chi connectivity index (χ0n) is 19.2. The zero-order chi connectivity index (χ0) is 21.0. The molecule has 0 saturated heterocycles. The molecule has 0 spiro atoms. The molecular formula is C21H44N2O3Si. The summed E-state index contributed by atoms with van der Waals surface area (Å²) in [6.45, 7) is 17.7. The molecule has 0 bridgehead atoms. The van der Waals surface area contributed by atoms with Crippen molar-refractivity contribution in [3.8, 4) is 0 Å². The SMILES string of the molecule is CN(CC(N)C[C@H]1CCCC[C@@H]1O[Si](C)(C)C(C)(C)C)C(=O)OC(C)(C)C. The number of hydrogen-bond acceptors (Lipinski definition) is 4. The van der Waals surface area contributed by atoms with Gasteiger partial charge in [-0.1, -0.05) is 33.6 Å². The summed E-state index contributed by atoms with van der Waals surface area (Å²) in [4.78, 5) is 13.8. The Morgan fingerprint density at radius 2 is 1.70 bits per heavy atom. The van der Waals surface area contributed by atoms with Gasteiger partial charge in [-0.25, -0.2) is 4.79 Å². The molecule has 1 rings (SSSR count). The van der Waals surface area contributed by atoms with E-state index in [1.807, 2.05) is 20.8 Å². The number of hydrogen-bond donors (Lipinski definition) is 1. The summed E-state index contributed by atoms with van der Waals surface area (Å²) in [6.07, 6.45) is 5.68. The van der Waals surface area contributed by atoms with Crippen molar-refractivity contribution < 1.29 is 14.0 Å². The Labute approximate surface area is 168 Å². The van der Waals surface area contributed by atoms with Gasteiger partial charge < -0.3 is 19.8 Å². The number of nitrogens with zero attached hydrogens (tertiary/aromatic N) is 1. The summed E-state index contributed by atoms with van der Waals surface area (Å²) in [5.74, 6) is 0.481. The van der Waals surface area contributed by atoms with E-state index in [1.165, 1.54) is 19.3 Å². The number of rotatable bonds is 6. The predicted octanol–water partition coefficient (Wildman–Crippen LogP) is 5.15. The van der Waals surface area contributed by atoms with E-state index in [4.69, 9.17) is 14.9 Å². The van der Waals surface area contributed by atoms with Crippen LogP contribution in [0.1, 0.15) is 73.6 Å². The fourth-order valence-electron chi connectivity index (χ4n) is 3.38. The molecule has 27 heavy (non-hydrogen) atoms. The van der Waals surface area contributed by atoms with E-state index in [1.54, 1.807) is 11.9 Å². The standard InChI is InChI=1S/C21H44N2O3Si/c1-20(2,3)25-19(24)23(7)15-17(22)14-16-12-10-11-13-18(16)26-27(8,9)21(4,5)6/h16-18H,10-15,22H2,1-9H3/t16-,17?,18+/m1/s1. The molecule has 160 valence electrons. The summed E-state index contributed by atoms with van der Waals surface area (Å²) in [5.41, 5.74) is 5.94. The van der Waals surface area contributed by atoms with Gasteiger partial charge in [-0.3, -0.25) is 0 Å². The Morgan fingerprint density at radius 3 is 2.22 bits per heavy atom. The molecule has 1 amide bonds. The van der Waals surface area contributed by atoms with Gasteiger partial charge in [-0.2, -0.15) is 0 Å². The largest absolute Gasteiger partial charge is 0.444 e. The predicted molar refractivity (Wildman–Crippen MR) is 115 cm³/mol. The molecular weight excluding hydrogens is 356 g/mol. The smallest absolute Gasteiger partial charge is 0.410 e. The van der Waals surface area contributed by atoms with Crippen LogP contribution in [-0.2, 0) is 9.16 Å². The average Bonchev–Trinajstić information content (AvgIpc) is 2.45. The lowest BCUT2D eigenvalue weighted by molar-refractivity contribution is 0.0271. The molecule has 1 aliphatic rings. The number of carbonyl (C=O) groups is 1. The van der Waals surface area contributed by atoms with Crippen LogP contribution in [0.2, 0.25) is 18.1 Å². The fraction of sp³-hybridized carbons (Fsp3) is 0.952. The molecule has 1 aliphatic carbocycles. The lowest BCUT2D eigenvalue weighted by Crippen LogP contribution is -2.48. The lowest BCUT2D eigenvalue weighted by Gasteiger charge is -2.43. The quantitative estimate of drug-likeness (QED) is 0.626. The van der Waals surface area contributed by atoms with Gasteiger partial charge in [0.25, 0.3) is 0 Å². The van der Waals surface area contributed by atoms with Crippen molar-refractivity contribution in [1.82, 2.24) is 4.90 Å². The summed E-state index contributed by atoms with van der Waals surface area (Å²) in [6, 6.07) is -0.0591. The van der Waals surface area contributed by atoms with Crippen molar-refractivity contribution >= 4 is 14.4 Å². The van der Waals surface area contributed by atoms with Crippen molar-refractivity contribution in [2.75, 3.05) is 13.6 Å². The third-order valence-electron chi connectivity index (χ3n) is 5.91. The van der Waals surface area contributed by atoms with Crippen molar-refractivity contribution in [3.05, 3.63) is 0 Å². The van der Waals surface area contributed by atoms with Gasteiger partial charge in [0.1, 0.15) is 5.60 Å². The summed E-state index contributed by atoms with van der Waals surface area (Å²) < 4.78 is 12.2. The monoisotopic (exact) mass is 400 g/mol. The van der Waals surface area contributed by atoms with Crippen molar-refractivity contribution in [2.24, 2.45) is 11.7 Å². The third-order valence-corrected chi connectivity index (χ3v) is 10.4. The van der Waals surface area contributed by atoms with Crippen LogP contribution in [0, 0.1) is 5.92 Å². The molecule has 6 heteroatoms. The summed E-state index contributed by atoms with van der Waals surface area (Å²) >= 11 is 0. The molecule has 0 aliphatic heterocycles. The minimum absolute atomic E-state index is 0.0591. The van der Waals surface area contributed by atoms with Crippen LogP contribution >= 0.6 is 0 Å². The normalized spacial score (nSPS) is 23.0. The highest BCUT2D eigenvalue weighted by Crippen LogP contribution is 2.41. The maximum atomic E-state index is 12.2. The molecule has 1 unspecified atom stereocenters. The topological polar surface area (TPSA) is 64.8 Å². The second-order valence-corrected chi connectivity index (χ2v) is 15.6. The van der Waals surface area contributed by atoms with Crippen molar-refractivity contribution in [3.63, 3.8) is 0 Å². The van der Waals surface area contributed by atoms with Crippen molar-refractivity contribution in [2.45, 2.75) is 110 Å². The summed E-state index contributed by atoms with van der Waals surface area (Å²) in [5, 5.41) is 0.216. The van der Waals surface area contributed by atoms with Crippen LogP contribution in [0.3, 0.4) is 0 Å². The lowest BCUT2D eigenvalue weighted by atomic mass is 9.82. The van der Waals surface area contributed by atoms with Crippen LogP contribution in [-0.4, -0.2) is 50.6 Å². The van der Waals surface area contributed by atoms with E-state index >= 15 is 0 Å². The Bertz CT molecular complexity index is 483. The minimum Gasteiger partial charge on any atom is -0.444 e. The number of carbonyl (C=O) groups excluding carboxylic acids is 1. The van der Waals surface area contributed by atoms with Crippen LogP contribution in [0.15, 0.2) is 0 Å². The van der Waals surface area contributed by atoms with Crippen LogP contribution in [0.25, 0.3) is 0 Å². The number of likely N-dealkylation sites (N-methyl/N-ethyl adjacent to an activating group) is 1. The van der Waals surface area contributed by atoms with Crippen LogP contribution in [0.5, 0.6) is 0 Å². The molecule has 0 radical (unpaired) electrons. The van der Waals surface area contributed by atoms with Gasteiger partial charge in [0, 0.05) is 25.7 Å². The Hall–Kier alpha value is -0.593. The second kappa shape index (κ2) is 9.27. The van der Waals surface area contributed by atoms with Gasteiger partial charge in [-0.05, 0) is 64.1 Å². The van der Waals surface area contributed by atoms with E-state index in [-0.39, 0.29) is 17.2 Å². The van der Waals surface area contributed by atoms with E-state index in [0.717, 1.165) is 12.8 Å². The molecule has 3 atom stereocenters. The van der Waals surface area contributed by atoms with E-state index in [0.29, 0.717) is 18.6 Å². The van der Waals surface area contributed by atoms with E-state index < -0.39 is 13.9 Å². The summed E-state index contributed by atoms with van der Waals surface area (Å²) in [7, 11) is -0.0249. The molecule has 1 fully saturated rings. The first-order chi connectivity index (χ1) is 12.1. The first kappa shape index (κ1) is 24.4. The minimum atomic E-state index is -1.79. The van der Waals surface area contributed by atoms with Gasteiger partial charge in [-0.15, -0.1) is 0 Å². The Kier molecular flexibility index (Phi) is 8.39. The second-order valence-electron chi connectivity index (χ2n) is 10.8. The first-order valence-corrected chi connectivity index (χ1v) is 13.4. The molecule has 1 saturated carbocycles. The molecule has 0 aromatic rings. The van der Waals surface area contributed by atoms with Gasteiger partial charge in [0.05, 0.1) is 0 Å². The Balaban J connectivity index is 2.64. The van der Waals surface area contributed by atoms with E-state index in [9.17, 15) is 4.79 Å². The van der Waals surface area contributed by atoms with Gasteiger partial charge >= 0.3 is 6.09 Å². The Morgan fingerprint density at radius 1 is 1.15 bits per heavy atom. The first-order valence-electron chi connectivity index (χ1n) is 10.5. The van der Waals surface area contributed by atoms with Crippen LogP contribution in [0.4, 0.5) is 4.79 Å². The van der Waals surface area contributed by atoms with Crippen LogP contribution < -0.4 is 5.73 Å². The number of nitrogens with two attached hydrogens (primary N) is 1. The molecule has 0 heterocycles. The number of amides is 1. The van der Waals surface area contributed by atoms with Crippen molar-refractivity contribution in [1.29, 1.82) is 0 Å². The zero-order valence-corrected chi connectivity index (χ0v) is 20.2. The highest BCUT2D eigenvalue weighted by molar-refractivity contribution is 6.74. The van der Waals surface area contributed by atoms with Gasteiger partial charge in [0.2, 0.25) is 0 Å². The van der Waals surface area contributed by atoms with E-state index in [2.05, 4.69) is 33.9 Å². The number of ether oxygens (including phenoxy) is 1.